The Morgan fingerprint density at radius 1 is 0.962 bits per heavy atom. The lowest BCUT2D eigenvalue weighted by Gasteiger charge is -2.35. The molecule has 132 valence electrons. The first-order valence-corrected chi connectivity index (χ1v) is 9.26. The molecule has 4 rings (SSSR count). The van der Waals surface area contributed by atoms with E-state index in [9.17, 15) is 9.18 Å². The summed E-state index contributed by atoms with van der Waals surface area (Å²) in [4.78, 5) is 17.5. The number of nitrogens with zero attached hydrogens (tertiary/aromatic N) is 4. The van der Waals surface area contributed by atoms with Gasteiger partial charge in [-0.1, -0.05) is 6.07 Å². The number of carbonyl (C=O) groups is 1. The molecule has 0 radical (unpaired) electrons. The van der Waals surface area contributed by atoms with Crippen LogP contribution in [0.4, 0.5) is 10.2 Å². The van der Waals surface area contributed by atoms with Gasteiger partial charge in [0.1, 0.15) is 11.5 Å². The third kappa shape index (κ3) is 3.43. The highest BCUT2D eigenvalue weighted by atomic mass is 32.1. The Morgan fingerprint density at radius 3 is 2.35 bits per heavy atom. The molecule has 1 saturated heterocycles. The first kappa shape index (κ1) is 16.7. The number of amides is 1. The third-order valence-corrected chi connectivity index (χ3v) is 5.30. The largest absolute Gasteiger partial charge is 0.352 e. The predicted octanol–water partition coefficient (Wildman–Crippen LogP) is 3.31. The number of piperazine rings is 1. The molecule has 3 heterocycles. The highest BCUT2D eigenvalue weighted by molar-refractivity contribution is 7.13. The van der Waals surface area contributed by atoms with Crippen LogP contribution in [-0.2, 0) is 0 Å². The lowest BCUT2D eigenvalue weighted by molar-refractivity contribution is 0.0746. The fourth-order valence-electron chi connectivity index (χ4n) is 2.96. The van der Waals surface area contributed by atoms with Gasteiger partial charge >= 0.3 is 0 Å². The van der Waals surface area contributed by atoms with Crippen LogP contribution < -0.4 is 4.90 Å². The Balaban J connectivity index is 1.39. The van der Waals surface area contributed by atoms with Gasteiger partial charge in [-0.25, -0.2) is 4.39 Å². The third-order valence-electron chi connectivity index (χ3n) is 4.41. The SMILES string of the molecule is O=C(c1ccc(F)cc1)N1CCN(c2ccc(-c3cccs3)nn2)CC1. The second-order valence-corrected chi connectivity index (χ2v) is 6.99. The van der Waals surface area contributed by atoms with Crippen LogP contribution in [0.2, 0.25) is 0 Å². The Hall–Kier alpha value is -2.80. The zero-order chi connectivity index (χ0) is 17.9. The van der Waals surface area contributed by atoms with Crippen molar-refractivity contribution in [1.82, 2.24) is 15.1 Å². The van der Waals surface area contributed by atoms with Crippen LogP contribution in [0.3, 0.4) is 0 Å². The van der Waals surface area contributed by atoms with Gasteiger partial charge in [-0.2, -0.15) is 0 Å². The van der Waals surface area contributed by atoms with Gasteiger partial charge in [0.05, 0.1) is 4.88 Å². The maximum atomic E-state index is 13.0. The number of hydrogen-bond acceptors (Lipinski definition) is 5. The summed E-state index contributed by atoms with van der Waals surface area (Å²) >= 11 is 1.64. The molecule has 5 nitrogen and oxygen atoms in total. The van der Waals surface area contributed by atoms with Crippen molar-refractivity contribution in [3.05, 3.63) is 65.3 Å². The monoisotopic (exact) mass is 368 g/mol. The van der Waals surface area contributed by atoms with E-state index in [0.29, 0.717) is 31.7 Å². The molecule has 1 aromatic carbocycles. The summed E-state index contributed by atoms with van der Waals surface area (Å²) in [6, 6.07) is 13.6. The molecule has 3 aromatic rings. The van der Waals surface area contributed by atoms with Crippen molar-refractivity contribution in [3.63, 3.8) is 0 Å². The topological polar surface area (TPSA) is 49.3 Å². The number of rotatable bonds is 3. The van der Waals surface area contributed by atoms with Crippen molar-refractivity contribution in [3.8, 4) is 10.6 Å². The standard InChI is InChI=1S/C19H17FN4OS/c20-15-5-3-14(4-6-15)19(25)24-11-9-23(10-12-24)18-8-7-16(21-22-18)17-2-1-13-26-17/h1-8,13H,9-12H2. The summed E-state index contributed by atoms with van der Waals surface area (Å²) in [6.07, 6.45) is 0. The van der Waals surface area contributed by atoms with Crippen LogP contribution in [0.5, 0.6) is 0 Å². The Labute approximate surface area is 154 Å². The molecular weight excluding hydrogens is 351 g/mol. The molecule has 1 amide bonds. The summed E-state index contributed by atoms with van der Waals surface area (Å²) in [5.74, 6) is 0.416. The zero-order valence-corrected chi connectivity index (χ0v) is 14.8. The van der Waals surface area contributed by atoms with Gasteiger partial charge in [0, 0.05) is 31.7 Å². The lowest BCUT2D eigenvalue weighted by atomic mass is 10.2. The molecule has 26 heavy (non-hydrogen) atoms. The van der Waals surface area contributed by atoms with Crippen LogP contribution >= 0.6 is 11.3 Å². The van der Waals surface area contributed by atoms with E-state index in [2.05, 4.69) is 15.1 Å². The minimum absolute atomic E-state index is 0.0659. The zero-order valence-electron chi connectivity index (χ0n) is 14.0. The van der Waals surface area contributed by atoms with E-state index in [1.54, 1.807) is 16.2 Å². The Bertz CT molecular complexity index is 873. The minimum Gasteiger partial charge on any atom is -0.352 e. The summed E-state index contributed by atoms with van der Waals surface area (Å²) in [5.41, 5.74) is 1.38. The van der Waals surface area contributed by atoms with Gasteiger partial charge in [0.25, 0.3) is 5.91 Å². The minimum atomic E-state index is -0.337. The van der Waals surface area contributed by atoms with Gasteiger partial charge in [0.15, 0.2) is 5.82 Å². The maximum Gasteiger partial charge on any atom is 0.253 e. The highest BCUT2D eigenvalue weighted by Gasteiger charge is 2.23. The summed E-state index contributed by atoms with van der Waals surface area (Å²) < 4.78 is 13.0. The van der Waals surface area contributed by atoms with Gasteiger partial charge in [-0.05, 0) is 47.8 Å². The molecule has 0 bridgehead atoms. The summed E-state index contributed by atoms with van der Waals surface area (Å²) in [7, 11) is 0. The van der Waals surface area contributed by atoms with Crippen LogP contribution in [0.15, 0.2) is 53.9 Å². The van der Waals surface area contributed by atoms with Crippen LogP contribution in [0.25, 0.3) is 10.6 Å². The average molecular weight is 368 g/mol. The number of hydrogen-bond donors (Lipinski definition) is 0. The first-order valence-electron chi connectivity index (χ1n) is 8.38. The molecule has 2 aromatic heterocycles. The van der Waals surface area contributed by atoms with E-state index in [4.69, 9.17) is 0 Å². The van der Waals surface area contributed by atoms with Gasteiger partial charge < -0.3 is 9.80 Å². The Kier molecular flexibility index (Phi) is 4.62. The number of benzene rings is 1. The van der Waals surface area contributed by atoms with Crippen molar-refractivity contribution >= 4 is 23.1 Å². The van der Waals surface area contributed by atoms with Crippen molar-refractivity contribution in [2.24, 2.45) is 0 Å². The molecule has 0 aliphatic carbocycles. The second kappa shape index (κ2) is 7.21. The van der Waals surface area contributed by atoms with E-state index in [0.717, 1.165) is 16.4 Å². The van der Waals surface area contributed by atoms with Gasteiger partial charge in [-0.3, -0.25) is 4.79 Å². The summed E-state index contributed by atoms with van der Waals surface area (Å²) in [5, 5.41) is 10.7. The number of halogens is 1. The van der Waals surface area contributed by atoms with Crippen molar-refractivity contribution < 1.29 is 9.18 Å². The predicted molar refractivity (Wildman–Crippen MR) is 99.9 cm³/mol. The molecule has 0 spiro atoms. The summed E-state index contributed by atoms with van der Waals surface area (Å²) in [6.45, 7) is 2.59. The normalized spacial score (nSPS) is 14.5. The lowest BCUT2D eigenvalue weighted by Crippen LogP contribution is -2.49. The molecule has 1 fully saturated rings. The quantitative estimate of drug-likeness (QED) is 0.712. The van der Waals surface area contributed by atoms with E-state index >= 15 is 0 Å². The van der Waals surface area contributed by atoms with Crippen LogP contribution in [0, 0.1) is 5.82 Å². The number of aromatic nitrogens is 2. The fraction of sp³-hybridized carbons (Fsp3) is 0.211. The Morgan fingerprint density at radius 2 is 1.73 bits per heavy atom. The van der Waals surface area contributed by atoms with Crippen LogP contribution in [0.1, 0.15) is 10.4 Å². The van der Waals surface area contributed by atoms with E-state index in [1.165, 1.54) is 24.3 Å². The molecule has 1 aliphatic rings. The highest BCUT2D eigenvalue weighted by Crippen LogP contribution is 2.23. The molecule has 0 saturated carbocycles. The van der Waals surface area contributed by atoms with Crippen molar-refractivity contribution in [2.75, 3.05) is 31.1 Å². The van der Waals surface area contributed by atoms with Crippen molar-refractivity contribution in [2.45, 2.75) is 0 Å². The molecule has 0 atom stereocenters. The first-order chi connectivity index (χ1) is 12.7. The van der Waals surface area contributed by atoms with Gasteiger partial charge in [-0.15, -0.1) is 21.5 Å². The van der Waals surface area contributed by atoms with Crippen molar-refractivity contribution in [1.29, 1.82) is 0 Å². The smallest absolute Gasteiger partial charge is 0.253 e. The molecule has 0 N–H and O–H groups in total. The molecule has 0 unspecified atom stereocenters. The van der Waals surface area contributed by atoms with Gasteiger partial charge in [0.2, 0.25) is 0 Å². The molecular formula is C19H17FN4OS. The average Bonchev–Trinajstić information content (AvgIpc) is 3.23. The number of carbonyl (C=O) groups excluding carboxylic acids is 1. The maximum absolute atomic E-state index is 13.0. The van der Waals surface area contributed by atoms with Crippen LogP contribution in [-0.4, -0.2) is 47.2 Å². The van der Waals surface area contributed by atoms with E-state index in [1.807, 2.05) is 29.6 Å². The number of anilines is 1. The molecule has 1 aliphatic heterocycles. The fourth-order valence-corrected chi connectivity index (χ4v) is 3.65. The van der Waals surface area contributed by atoms with E-state index < -0.39 is 0 Å². The molecule has 7 heteroatoms. The van der Waals surface area contributed by atoms with E-state index in [-0.39, 0.29) is 11.7 Å². The number of thiophene rings is 1. The second-order valence-electron chi connectivity index (χ2n) is 6.04.